The number of para-hydroxylation sites is 1. The van der Waals surface area contributed by atoms with Crippen LogP contribution in [-0.2, 0) is 13.1 Å². The normalized spacial score (nSPS) is 14.6. The van der Waals surface area contributed by atoms with Gasteiger partial charge >= 0.3 is 0 Å². The number of hydrogen-bond donors (Lipinski definition) is 1. The second-order valence-corrected chi connectivity index (χ2v) is 9.64. The summed E-state index contributed by atoms with van der Waals surface area (Å²) in [4.78, 5) is 15.0. The van der Waals surface area contributed by atoms with Crippen LogP contribution in [0.15, 0.2) is 71.3 Å². The van der Waals surface area contributed by atoms with E-state index in [1.165, 1.54) is 23.5 Å². The molecule has 1 aromatic heterocycles. The maximum absolute atomic E-state index is 13.3. The van der Waals surface area contributed by atoms with Crippen LogP contribution in [0.25, 0.3) is 0 Å². The zero-order chi connectivity index (χ0) is 20.1. The van der Waals surface area contributed by atoms with E-state index in [1.54, 1.807) is 23.3 Å². The summed E-state index contributed by atoms with van der Waals surface area (Å²) in [7, 11) is 0. The molecule has 29 heavy (non-hydrogen) atoms. The Kier molecular flexibility index (Phi) is 6.52. The first-order valence-electron chi connectivity index (χ1n) is 9.62. The molecule has 3 aromatic rings. The van der Waals surface area contributed by atoms with Crippen molar-refractivity contribution in [3.8, 4) is 5.75 Å². The molecule has 2 aromatic carbocycles. The maximum atomic E-state index is 13.3. The monoisotopic (exact) mass is 425 g/mol. The molecule has 4 nitrogen and oxygen atoms in total. The third-order valence-corrected chi connectivity index (χ3v) is 7.84. The fourth-order valence-electron chi connectivity index (χ4n) is 3.29. The summed E-state index contributed by atoms with van der Waals surface area (Å²) in [5, 5.41) is 10.2. The molecule has 0 saturated carbocycles. The van der Waals surface area contributed by atoms with Gasteiger partial charge < -0.3 is 14.4 Å². The minimum atomic E-state index is -0.0832. The molecule has 150 valence electrons. The average Bonchev–Trinajstić information content (AvgIpc) is 3.28. The van der Waals surface area contributed by atoms with Gasteiger partial charge in [-0.3, -0.25) is 4.79 Å². The van der Waals surface area contributed by atoms with Crippen molar-refractivity contribution in [1.29, 1.82) is 0 Å². The van der Waals surface area contributed by atoms with Crippen molar-refractivity contribution in [3.05, 3.63) is 89.4 Å². The predicted molar refractivity (Wildman–Crippen MR) is 119 cm³/mol. The van der Waals surface area contributed by atoms with E-state index >= 15 is 0 Å². The number of rotatable bonds is 6. The van der Waals surface area contributed by atoms with Crippen LogP contribution in [0.4, 0.5) is 0 Å². The van der Waals surface area contributed by atoms with Crippen molar-refractivity contribution in [2.45, 2.75) is 24.1 Å². The second kappa shape index (κ2) is 9.46. The highest BCUT2D eigenvalue weighted by Crippen LogP contribution is 2.43. The molecule has 0 spiro atoms. The molecular weight excluding hydrogens is 402 g/mol. The molecule has 1 N–H and O–H groups in total. The Morgan fingerprint density at radius 2 is 1.76 bits per heavy atom. The van der Waals surface area contributed by atoms with Crippen LogP contribution >= 0.6 is 23.5 Å². The molecule has 0 aliphatic carbocycles. The van der Waals surface area contributed by atoms with Crippen molar-refractivity contribution in [1.82, 2.24) is 4.90 Å². The van der Waals surface area contributed by atoms with Crippen molar-refractivity contribution < 1.29 is 14.3 Å². The van der Waals surface area contributed by atoms with Crippen LogP contribution in [0.1, 0.15) is 38.2 Å². The molecule has 1 fully saturated rings. The lowest BCUT2D eigenvalue weighted by Gasteiger charge is -2.24. The van der Waals surface area contributed by atoms with Gasteiger partial charge in [0.15, 0.2) is 0 Å². The number of nitrogens with zero attached hydrogens (tertiary/aromatic N) is 1. The number of phenolic OH excluding ortho intramolecular Hbond substituents is 1. The first-order valence-corrected chi connectivity index (χ1v) is 11.7. The minimum absolute atomic E-state index is 0.0832. The third kappa shape index (κ3) is 5.00. The van der Waals surface area contributed by atoms with E-state index in [0.717, 1.165) is 0 Å². The molecule has 1 saturated heterocycles. The first-order chi connectivity index (χ1) is 14.2. The minimum Gasteiger partial charge on any atom is -0.508 e. The molecular formula is C23H23NO3S2. The number of carbonyl (C=O) groups excluding carboxylic acids is 1. The molecule has 0 unspecified atom stereocenters. The summed E-state index contributed by atoms with van der Waals surface area (Å²) in [5.41, 5.74) is 2.61. The van der Waals surface area contributed by atoms with E-state index < -0.39 is 0 Å². The number of hydrogen-bond acceptors (Lipinski definition) is 5. The van der Waals surface area contributed by atoms with E-state index in [0.29, 0.717) is 34.6 Å². The van der Waals surface area contributed by atoms with E-state index in [9.17, 15) is 9.90 Å². The molecule has 0 bridgehead atoms. The summed E-state index contributed by atoms with van der Waals surface area (Å²) in [5.74, 6) is 3.19. The molecule has 1 aliphatic rings. The zero-order valence-electron chi connectivity index (χ0n) is 16.0. The lowest BCUT2D eigenvalue weighted by atomic mass is 10.1. The second-order valence-electron chi connectivity index (χ2n) is 6.92. The number of furan rings is 1. The van der Waals surface area contributed by atoms with E-state index in [2.05, 4.69) is 12.1 Å². The van der Waals surface area contributed by atoms with Crippen molar-refractivity contribution in [2.24, 2.45) is 0 Å². The third-order valence-electron chi connectivity index (χ3n) is 4.82. The number of thioether (sulfide) groups is 2. The first kappa shape index (κ1) is 20.0. The lowest BCUT2D eigenvalue weighted by Crippen LogP contribution is -2.30. The summed E-state index contributed by atoms with van der Waals surface area (Å²) < 4.78 is 5.91. The van der Waals surface area contributed by atoms with Crippen LogP contribution in [-0.4, -0.2) is 27.4 Å². The van der Waals surface area contributed by atoms with Crippen LogP contribution in [0.5, 0.6) is 5.75 Å². The standard InChI is InChI=1S/C23H23NO3S2/c25-21-7-2-1-5-19(21)15-24(16-20-6-3-12-27-20)22(26)17-8-10-18(11-9-17)23-28-13-4-14-29-23/h1-3,5-12,23,25H,4,13-16H2. The highest BCUT2D eigenvalue weighted by molar-refractivity contribution is 8.16. The SMILES string of the molecule is O=C(c1ccc(C2SCCCS2)cc1)N(Cc1ccco1)Cc1ccccc1O. The van der Waals surface area contributed by atoms with Crippen LogP contribution in [0.3, 0.4) is 0 Å². The molecule has 0 atom stereocenters. The number of benzene rings is 2. The van der Waals surface area contributed by atoms with Crippen LogP contribution in [0.2, 0.25) is 0 Å². The topological polar surface area (TPSA) is 53.7 Å². The lowest BCUT2D eigenvalue weighted by molar-refractivity contribution is 0.0716. The number of aromatic hydroxyl groups is 1. The largest absolute Gasteiger partial charge is 0.508 e. The zero-order valence-corrected chi connectivity index (χ0v) is 17.6. The van der Waals surface area contributed by atoms with Gasteiger partial charge in [0.05, 0.1) is 23.9 Å². The highest BCUT2D eigenvalue weighted by Gasteiger charge is 2.21. The average molecular weight is 426 g/mol. The van der Waals surface area contributed by atoms with Crippen molar-refractivity contribution >= 4 is 29.4 Å². The van der Waals surface area contributed by atoms with E-state index in [4.69, 9.17) is 4.42 Å². The van der Waals surface area contributed by atoms with Gasteiger partial charge in [0.1, 0.15) is 11.5 Å². The van der Waals surface area contributed by atoms with Crippen molar-refractivity contribution in [3.63, 3.8) is 0 Å². The smallest absolute Gasteiger partial charge is 0.254 e. The van der Waals surface area contributed by atoms with E-state index in [-0.39, 0.29) is 11.7 Å². The Morgan fingerprint density at radius 1 is 1.00 bits per heavy atom. The Morgan fingerprint density at radius 3 is 2.45 bits per heavy atom. The summed E-state index contributed by atoms with van der Waals surface area (Å²) in [6.45, 7) is 0.651. The van der Waals surface area contributed by atoms with Crippen molar-refractivity contribution in [2.75, 3.05) is 11.5 Å². The summed E-state index contributed by atoms with van der Waals surface area (Å²) >= 11 is 3.94. The fourth-order valence-corrected chi connectivity index (χ4v) is 6.18. The van der Waals surface area contributed by atoms with Gasteiger partial charge in [-0.1, -0.05) is 30.3 Å². The fraction of sp³-hybridized carbons (Fsp3) is 0.261. The molecule has 1 aliphatic heterocycles. The van der Waals surface area contributed by atoms with Gasteiger partial charge in [0.25, 0.3) is 5.91 Å². The van der Waals surface area contributed by atoms with Crippen LogP contribution in [0, 0.1) is 0 Å². The number of amides is 1. The molecule has 2 heterocycles. The molecule has 6 heteroatoms. The Balaban J connectivity index is 1.54. The van der Waals surface area contributed by atoms with Gasteiger partial charge in [0, 0.05) is 11.1 Å². The Labute approximate surface area is 179 Å². The predicted octanol–water partition coefficient (Wildman–Crippen LogP) is 5.70. The Bertz CT molecular complexity index is 935. The van der Waals surface area contributed by atoms with Crippen LogP contribution < -0.4 is 0 Å². The van der Waals surface area contributed by atoms with Gasteiger partial charge in [0.2, 0.25) is 0 Å². The molecule has 1 amide bonds. The molecule has 4 rings (SSSR count). The van der Waals surface area contributed by atoms with Gasteiger partial charge in [-0.25, -0.2) is 0 Å². The number of phenols is 1. The quantitative estimate of drug-likeness (QED) is 0.549. The van der Waals surface area contributed by atoms with Gasteiger partial charge in [-0.2, -0.15) is 0 Å². The van der Waals surface area contributed by atoms with Gasteiger partial charge in [-0.15, -0.1) is 23.5 Å². The molecule has 0 radical (unpaired) electrons. The highest BCUT2D eigenvalue weighted by atomic mass is 32.2. The van der Waals surface area contributed by atoms with E-state index in [1.807, 2.05) is 59.9 Å². The Hall–Kier alpha value is -2.31. The maximum Gasteiger partial charge on any atom is 0.254 e. The number of carbonyl (C=O) groups is 1. The summed E-state index contributed by atoms with van der Waals surface area (Å²) in [6, 6.07) is 18.7. The summed E-state index contributed by atoms with van der Waals surface area (Å²) in [6.07, 6.45) is 2.86. The van der Waals surface area contributed by atoms with Gasteiger partial charge in [-0.05, 0) is 53.8 Å².